The van der Waals surface area contributed by atoms with Gasteiger partial charge in [-0.2, -0.15) is 0 Å². The summed E-state index contributed by atoms with van der Waals surface area (Å²) >= 11 is 0. The van der Waals surface area contributed by atoms with Crippen molar-refractivity contribution in [3.63, 3.8) is 0 Å². The van der Waals surface area contributed by atoms with E-state index in [9.17, 15) is 9.59 Å². The highest BCUT2D eigenvalue weighted by molar-refractivity contribution is 7.73. The van der Waals surface area contributed by atoms with E-state index in [1.165, 1.54) is 21.2 Å². The second-order valence-electron chi connectivity index (χ2n) is 11.4. The normalized spacial score (nSPS) is 11.5. The summed E-state index contributed by atoms with van der Waals surface area (Å²) in [6, 6.07) is 41.3. The van der Waals surface area contributed by atoms with Crippen molar-refractivity contribution in [3.8, 4) is 0 Å². The molecule has 0 heterocycles. The maximum atomic E-state index is 13.2. The molecule has 8 heteroatoms. The molecule has 47 heavy (non-hydrogen) atoms. The van der Waals surface area contributed by atoms with E-state index in [1.54, 1.807) is 7.11 Å². The summed E-state index contributed by atoms with van der Waals surface area (Å²) in [6.07, 6.45) is 2.57. The summed E-state index contributed by atoms with van der Waals surface area (Å²) in [5.41, 5.74) is -0.660. The van der Waals surface area contributed by atoms with Crippen molar-refractivity contribution in [2.75, 3.05) is 52.5 Å². The highest BCUT2D eigenvalue weighted by Gasteiger charge is 2.33. The summed E-state index contributed by atoms with van der Waals surface area (Å²) < 4.78 is 22.9. The quantitative estimate of drug-likeness (QED) is 0.0635. The van der Waals surface area contributed by atoms with Crippen LogP contribution in [-0.4, -0.2) is 64.4 Å². The maximum Gasteiger partial charge on any atom is 0.306 e. The molecule has 4 aromatic carbocycles. The Morgan fingerprint density at radius 2 is 0.915 bits per heavy atom. The Balaban J connectivity index is 1.36. The summed E-state index contributed by atoms with van der Waals surface area (Å²) in [7, 11) is 0.213. The van der Waals surface area contributed by atoms with Gasteiger partial charge in [0.15, 0.2) is 0 Å². The Morgan fingerprint density at radius 3 is 1.23 bits per heavy atom. The second kappa shape index (κ2) is 20.1. The summed E-state index contributed by atoms with van der Waals surface area (Å²) in [5, 5.41) is 4.91. The molecule has 0 N–H and O–H groups in total. The van der Waals surface area contributed by atoms with Gasteiger partial charge >= 0.3 is 11.9 Å². The van der Waals surface area contributed by atoms with Gasteiger partial charge in [0.05, 0.1) is 38.1 Å². The first-order chi connectivity index (χ1) is 23.0. The van der Waals surface area contributed by atoms with Gasteiger partial charge in [0.2, 0.25) is 0 Å². The van der Waals surface area contributed by atoms with E-state index in [0.717, 1.165) is 0 Å². The van der Waals surface area contributed by atoms with Crippen molar-refractivity contribution in [1.29, 1.82) is 0 Å². The van der Waals surface area contributed by atoms with Gasteiger partial charge in [-0.3, -0.25) is 9.59 Å². The fraction of sp³-hybridized carbons (Fsp3) is 0.333. The Morgan fingerprint density at radius 1 is 0.553 bits per heavy atom. The number of hydrogen-bond acceptors (Lipinski definition) is 6. The van der Waals surface area contributed by atoms with Crippen molar-refractivity contribution in [2.45, 2.75) is 26.2 Å². The van der Waals surface area contributed by atoms with Gasteiger partial charge in [0, 0.05) is 7.11 Å². The van der Waals surface area contributed by atoms with Crippen LogP contribution in [0.15, 0.2) is 121 Å². The predicted molar refractivity (Wildman–Crippen MR) is 194 cm³/mol. The number of benzene rings is 4. The van der Waals surface area contributed by atoms with Crippen molar-refractivity contribution >= 4 is 49.0 Å². The maximum absolute atomic E-state index is 13.2. The number of rotatable bonds is 20. The molecule has 0 aliphatic rings. The van der Waals surface area contributed by atoms with Crippen molar-refractivity contribution in [3.05, 3.63) is 121 Å². The van der Waals surface area contributed by atoms with Crippen LogP contribution >= 0.6 is 15.8 Å². The average Bonchev–Trinajstić information content (AvgIpc) is 3.13. The number of carbonyl (C=O) groups is 2. The lowest BCUT2D eigenvalue weighted by Crippen LogP contribution is -2.39. The highest BCUT2D eigenvalue weighted by Crippen LogP contribution is 2.35. The zero-order valence-corrected chi connectivity index (χ0v) is 29.3. The van der Waals surface area contributed by atoms with Gasteiger partial charge in [-0.05, 0) is 55.8 Å². The van der Waals surface area contributed by atoms with Crippen molar-refractivity contribution < 1.29 is 28.5 Å². The predicted octanol–water partition coefficient (Wildman–Crippen LogP) is 6.18. The van der Waals surface area contributed by atoms with E-state index in [1.807, 2.05) is 79.7 Å². The van der Waals surface area contributed by atoms with E-state index in [4.69, 9.17) is 18.9 Å². The van der Waals surface area contributed by atoms with E-state index in [-0.39, 0.29) is 31.8 Å². The van der Waals surface area contributed by atoms with Crippen LogP contribution in [0.25, 0.3) is 0 Å². The first-order valence-electron chi connectivity index (χ1n) is 16.2. The molecular formula is C39H46O6P2. The Hall–Kier alpha value is -3.40. The van der Waals surface area contributed by atoms with Gasteiger partial charge in [-0.15, -0.1) is 0 Å². The summed E-state index contributed by atoms with van der Waals surface area (Å²) in [4.78, 5) is 26.3. The lowest BCUT2D eigenvalue weighted by atomic mass is 9.88. The minimum atomic E-state index is -0.706. The first-order valence-corrected chi connectivity index (χ1v) is 19.2. The third-order valence-corrected chi connectivity index (χ3v) is 13.0. The number of esters is 2. The van der Waals surface area contributed by atoms with Gasteiger partial charge in [-0.25, -0.2) is 0 Å². The number of ether oxygens (including phenoxy) is 4. The number of hydrogen-bond donors (Lipinski definition) is 0. The molecule has 0 saturated heterocycles. The van der Waals surface area contributed by atoms with E-state index in [2.05, 4.69) is 48.5 Å². The van der Waals surface area contributed by atoms with Gasteiger partial charge < -0.3 is 18.9 Å². The first kappa shape index (κ1) is 36.4. The molecule has 0 aliphatic carbocycles. The smallest absolute Gasteiger partial charge is 0.306 e. The average molecular weight is 673 g/mol. The fourth-order valence-corrected chi connectivity index (χ4v) is 9.70. The second-order valence-corrected chi connectivity index (χ2v) is 16.0. The van der Waals surface area contributed by atoms with Crippen LogP contribution in [0.4, 0.5) is 0 Å². The lowest BCUT2D eigenvalue weighted by Gasteiger charge is -2.31. The third kappa shape index (κ3) is 12.0. The minimum absolute atomic E-state index is 0.109. The molecule has 0 unspecified atom stereocenters. The monoisotopic (exact) mass is 672 g/mol. The Bertz CT molecular complexity index is 1270. The Kier molecular flexibility index (Phi) is 15.6. The highest BCUT2D eigenvalue weighted by atomic mass is 31.1. The molecule has 0 bridgehead atoms. The van der Waals surface area contributed by atoms with Crippen molar-refractivity contribution in [1.82, 2.24) is 0 Å². The number of carbonyl (C=O) groups excluding carboxylic acids is 2. The number of methoxy groups -OCH3 is 1. The van der Waals surface area contributed by atoms with E-state index >= 15 is 0 Å². The zero-order chi connectivity index (χ0) is 33.2. The van der Waals surface area contributed by atoms with Crippen LogP contribution in [0.1, 0.15) is 26.2 Å². The van der Waals surface area contributed by atoms with Gasteiger partial charge in [-0.1, -0.05) is 128 Å². The molecule has 0 spiro atoms. The lowest BCUT2D eigenvalue weighted by molar-refractivity contribution is -0.157. The Labute approximate surface area is 282 Å². The molecule has 0 amide bonds. The standard InChI is InChI=1S/C39H46O6P2/c1-3-39(30-43-27-26-42-2,31-44-37(40)24-28-46(33-16-8-4-9-17-33)34-18-10-5-11-19-34)32-45-38(41)25-29-47(35-20-12-6-13-21-35)36-22-14-7-15-23-36/h4-23H,3,24-32H2,1-2H3. The van der Waals surface area contributed by atoms with Crippen LogP contribution in [0.3, 0.4) is 0 Å². The minimum Gasteiger partial charge on any atom is -0.465 e. The SMILES string of the molecule is CCC(COCCOC)(COC(=O)CCP(c1ccccc1)c1ccccc1)COC(=O)CCP(c1ccccc1)c1ccccc1. The molecule has 0 radical (unpaired) electrons. The molecule has 6 nitrogen and oxygen atoms in total. The fourth-order valence-electron chi connectivity index (χ4n) is 5.13. The van der Waals surface area contributed by atoms with Crippen LogP contribution in [-0.2, 0) is 28.5 Å². The molecular weight excluding hydrogens is 626 g/mol. The molecule has 0 saturated carbocycles. The van der Waals surface area contributed by atoms with E-state index < -0.39 is 21.3 Å². The molecule has 248 valence electrons. The van der Waals surface area contributed by atoms with Gasteiger partial charge in [0.25, 0.3) is 0 Å². The van der Waals surface area contributed by atoms with Crippen molar-refractivity contribution in [2.24, 2.45) is 5.41 Å². The zero-order valence-electron chi connectivity index (χ0n) is 27.5. The van der Waals surface area contributed by atoms with E-state index in [0.29, 0.717) is 44.8 Å². The molecule has 4 aromatic rings. The third-order valence-electron chi connectivity index (χ3n) is 8.02. The largest absolute Gasteiger partial charge is 0.465 e. The molecule has 0 aromatic heterocycles. The van der Waals surface area contributed by atoms with Crippen LogP contribution in [0.5, 0.6) is 0 Å². The topological polar surface area (TPSA) is 71.1 Å². The molecule has 0 atom stereocenters. The molecule has 0 fully saturated rings. The summed E-state index contributed by atoms with van der Waals surface area (Å²) in [6.45, 7) is 3.36. The van der Waals surface area contributed by atoms with Crippen LogP contribution in [0.2, 0.25) is 0 Å². The summed E-state index contributed by atoms with van der Waals surface area (Å²) in [5.74, 6) is -0.525. The van der Waals surface area contributed by atoms with Gasteiger partial charge in [0.1, 0.15) is 13.2 Å². The molecule has 0 aliphatic heterocycles. The van der Waals surface area contributed by atoms with Crippen LogP contribution < -0.4 is 21.2 Å². The molecule has 4 rings (SSSR count). The van der Waals surface area contributed by atoms with Crippen LogP contribution in [0, 0.1) is 5.41 Å².